The van der Waals surface area contributed by atoms with E-state index in [-0.39, 0.29) is 17.3 Å². The van der Waals surface area contributed by atoms with Crippen LogP contribution in [0.3, 0.4) is 0 Å². The van der Waals surface area contributed by atoms with Gasteiger partial charge in [0.2, 0.25) is 0 Å². The number of rotatable bonds is 5. The summed E-state index contributed by atoms with van der Waals surface area (Å²) in [6, 6.07) is 3.73. The van der Waals surface area contributed by atoms with Gasteiger partial charge in [-0.25, -0.2) is 0 Å². The van der Waals surface area contributed by atoms with Crippen molar-refractivity contribution in [2.24, 2.45) is 5.41 Å². The van der Waals surface area contributed by atoms with Gasteiger partial charge in [0.15, 0.2) is 5.78 Å². The van der Waals surface area contributed by atoms with Crippen LogP contribution in [-0.4, -0.2) is 23.5 Å². The number of aromatic nitrogens is 1. The van der Waals surface area contributed by atoms with Crippen molar-refractivity contribution < 1.29 is 9.53 Å². The Morgan fingerprint density at radius 2 is 1.94 bits per heavy atom. The molecule has 0 bridgehead atoms. The summed E-state index contributed by atoms with van der Waals surface area (Å²) in [6.07, 6.45) is 3.47. The summed E-state index contributed by atoms with van der Waals surface area (Å²) in [6.45, 7) is 8.55. The van der Waals surface area contributed by atoms with E-state index < -0.39 is 0 Å². The molecule has 94 valence electrons. The van der Waals surface area contributed by atoms with Crippen LogP contribution in [0.2, 0.25) is 0 Å². The van der Waals surface area contributed by atoms with Crippen LogP contribution < -0.4 is 0 Å². The van der Waals surface area contributed by atoms with Gasteiger partial charge in [0.25, 0.3) is 0 Å². The fourth-order valence-corrected chi connectivity index (χ4v) is 1.79. The predicted octanol–water partition coefficient (Wildman–Crippen LogP) is 2.64. The monoisotopic (exact) mass is 235 g/mol. The van der Waals surface area contributed by atoms with Gasteiger partial charge >= 0.3 is 0 Å². The number of ether oxygens (including phenoxy) is 1. The van der Waals surface area contributed by atoms with Crippen molar-refractivity contribution in [3.63, 3.8) is 0 Å². The van der Waals surface area contributed by atoms with E-state index in [9.17, 15) is 4.79 Å². The maximum Gasteiger partial charge on any atom is 0.166 e. The van der Waals surface area contributed by atoms with Crippen LogP contribution >= 0.6 is 0 Å². The molecule has 0 aliphatic heterocycles. The number of hydrogen-bond acceptors (Lipinski definition) is 3. The second-order valence-electron chi connectivity index (χ2n) is 5.20. The number of carbonyl (C=O) groups is 1. The molecule has 1 unspecified atom stereocenters. The highest BCUT2D eigenvalue weighted by Crippen LogP contribution is 2.24. The molecule has 1 atom stereocenters. The molecule has 0 fully saturated rings. The highest BCUT2D eigenvalue weighted by Gasteiger charge is 2.31. The summed E-state index contributed by atoms with van der Waals surface area (Å²) in [5, 5.41) is 0. The maximum absolute atomic E-state index is 12.2. The Balaban J connectivity index is 2.73. The van der Waals surface area contributed by atoms with Crippen LogP contribution in [0, 0.1) is 5.41 Å². The van der Waals surface area contributed by atoms with Gasteiger partial charge in [0, 0.05) is 25.4 Å². The number of Topliss-reactive ketones (excluding diaryl/α,β-unsaturated/α-hetero) is 1. The van der Waals surface area contributed by atoms with Crippen molar-refractivity contribution in [2.75, 3.05) is 6.61 Å². The molecule has 17 heavy (non-hydrogen) atoms. The Labute approximate surface area is 103 Å². The minimum atomic E-state index is -0.347. The molecule has 0 saturated heterocycles. The van der Waals surface area contributed by atoms with Crippen molar-refractivity contribution in [1.29, 1.82) is 0 Å². The van der Waals surface area contributed by atoms with Crippen molar-refractivity contribution >= 4 is 5.78 Å². The van der Waals surface area contributed by atoms with Crippen molar-refractivity contribution in [3.05, 3.63) is 30.1 Å². The molecule has 3 nitrogen and oxygen atoms in total. The Hall–Kier alpha value is -1.22. The zero-order valence-corrected chi connectivity index (χ0v) is 11.1. The number of pyridine rings is 1. The zero-order valence-electron chi connectivity index (χ0n) is 11.1. The quantitative estimate of drug-likeness (QED) is 0.787. The highest BCUT2D eigenvalue weighted by atomic mass is 16.5. The van der Waals surface area contributed by atoms with Crippen LogP contribution in [-0.2, 0) is 16.0 Å². The largest absolute Gasteiger partial charge is 0.370 e. The van der Waals surface area contributed by atoms with E-state index in [0.29, 0.717) is 13.0 Å². The summed E-state index contributed by atoms with van der Waals surface area (Å²) in [4.78, 5) is 16.1. The molecule has 0 radical (unpaired) electrons. The number of nitrogens with zero attached hydrogens (tertiary/aromatic N) is 1. The van der Waals surface area contributed by atoms with Gasteiger partial charge in [-0.3, -0.25) is 9.78 Å². The van der Waals surface area contributed by atoms with E-state index in [4.69, 9.17) is 4.74 Å². The Kier molecular flexibility index (Phi) is 4.82. The normalized spacial score (nSPS) is 13.4. The molecule has 3 heteroatoms. The van der Waals surface area contributed by atoms with Crippen LogP contribution in [0.25, 0.3) is 0 Å². The lowest BCUT2D eigenvalue weighted by Crippen LogP contribution is -2.38. The lowest BCUT2D eigenvalue weighted by atomic mass is 9.84. The van der Waals surface area contributed by atoms with Gasteiger partial charge < -0.3 is 4.74 Å². The third kappa shape index (κ3) is 4.27. The van der Waals surface area contributed by atoms with Crippen molar-refractivity contribution in [2.45, 2.75) is 40.2 Å². The number of ketones is 1. The van der Waals surface area contributed by atoms with E-state index in [2.05, 4.69) is 4.98 Å². The minimum absolute atomic E-state index is 0.130. The minimum Gasteiger partial charge on any atom is -0.370 e. The summed E-state index contributed by atoms with van der Waals surface area (Å²) >= 11 is 0. The summed E-state index contributed by atoms with van der Waals surface area (Å²) in [5.74, 6) is 0.130. The van der Waals surface area contributed by atoms with E-state index >= 15 is 0 Å². The molecule has 0 aliphatic carbocycles. The fourth-order valence-electron chi connectivity index (χ4n) is 1.79. The average Bonchev–Trinajstić information content (AvgIpc) is 2.25. The summed E-state index contributed by atoms with van der Waals surface area (Å²) < 4.78 is 5.58. The lowest BCUT2D eigenvalue weighted by Gasteiger charge is -2.29. The molecule has 0 saturated carbocycles. The topological polar surface area (TPSA) is 39.2 Å². The first-order chi connectivity index (χ1) is 7.95. The zero-order chi connectivity index (χ0) is 12.9. The third-order valence-corrected chi connectivity index (χ3v) is 2.54. The number of hydrogen-bond donors (Lipinski definition) is 0. The van der Waals surface area contributed by atoms with Crippen LogP contribution in [0.4, 0.5) is 0 Å². The van der Waals surface area contributed by atoms with Crippen molar-refractivity contribution in [1.82, 2.24) is 4.98 Å². The molecule has 1 rings (SSSR count). The molecule has 1 aromatic heterocycles. The summed E-state index contributed by atoms with van der Waals surface area (Å²) in [7, 11) is 0. The SMILES string of the molecule is CCOC(C(=O)Cc1ccncc1)C(C)(C)C. The predicted molar refractivity (Wildman–Crippen MR) is 67.8 cm³/mol. The van der Waals surface area contributed by atoms with Gasteiger partial charge in [-0.2, -0.15) is 0 Å². The summed E-state index contributed by atoms with van der Waals surface area (Å²) in [5.41, 5.74) is 0.819. The van der Waals surface area contributed by atoms with Crippen LogP contribution in [0.15, 0.2) is 24.5 Å². The van der Waals surface area contributed by atoms with Gasteiger partial charge in [-0.05, 0) is 30.0 Å². The van der Waals surface area contributed by atoms with E-state index in [1.54, 1.807) is 12.4 Å². The second kappa shape index (κ2) is 5.92. The van der Waals surface area contributed by atoms with Gasteiger partial charge in [-0.1, -0.05) is 20.8 Å². The molecule has 0 spiro atoms. The Morgan fingerprint density at radius 3 is 2.41 bits per heavy atom. The highest BCUT2D eigenvalue weighted by molar-refractivity contribution is 5.85. The molecular formula is C14H21NO2. The average molecular weight is 235 g/mol. The molecule has 0 N–H and O–H groups in total. The molecule has 0 aromatic carbocycles. The van der Waals surface area contributed by atoms with E-state index in [0.717, 1.165) is 5.56 Å². The first kappa shape index (κ1) is 13.8. The molecule has 0 aliphatic rings. The first-order valence-corrected chi connectivity index (χ1v) is 5.98. The second-order valence-corrected chi connectivity index (χ2v) is 5.20. The van der Waals surface area contributed by atoms with Crippen LogP contribution in [0.1, 0.15) is 33.3 Å². The van der Waals surface area contributed by atoms with Crippen LogP contribution in [0.5, 0.6) is 0 Å². The molecule has 1 heterocycles. The van der Waals surface area contributed by atoms with Gasteiger partial charge in [0.1, 0.15) is 6.10 Å². The standard InChI is InChI=1S/C14H21NO2/c1-5-17-13(14(2,3)4)12(16)10-11-6-8-15-9-7-11/h6-9,13H,5,10H2,1-4H3. The van der Waals surface area contributed by atoms with E-state index in [1.807, 2.05) is 39.8 Å². The van der Waals surface area contributed by atoms with E-state index in [1.165, 1.54) is 0 Å². The molecule has 0 amide bonds. The smallest absolute Gasteiger partial charge is 0.166 e. The molecular weight excluding hydrogens is 214 g/mol. The van der Waals surface area contributed by atoms with Crippen molar-refractivity contribution in [3.8, 4) is 0 Å². The number of carbonyl (C=O) groups excluding carboxylic acids is 1. The van der Waals surface area contributed by atoms with Gasteiger partial charge in [-0.15, -0.1) is 0 Å². The Morgan fingerprint density at radius 1 is 1.35 bits per heavy atom. The first-order valence-electron chi connectivity index (χ1n) is 5.98. The Bertz CT molecular complexity index is 354. The lowest BCUT2D eigenvalue weighted by molar-refractivity contribution is -0.136. The fraction of sp³-hybridized carbons (Fsp3) is 0.571. The molecule has 1 aromatic rings. The maximum atomic E-state index is 12.2. The van der Waals surface area contributed by atoms with Gasteiger partial charge in [0.05, 0.1) is 0 Å². The third-order valence-electron chi connectivity index (χ3n) is 2.54.